The van der Waals surface area contributed by atoms with E-state index in [9.17, 15) is 4.79 Å². The van der Waals surface area contributed by atoms with Gasteiger partial charge in [-0.2, -0.15) is 0 Å². The Labute approximate surface area is 102 Å². The lowest BCUT2D eigenvalue weighted by atomic mass is 9.77. The molecule has 17 heavy (non-hydrogen) atoms. The first kappa shape index (κ1) is 12.1. The Balaban J connectivity index is 2.08. The molecular formula is C14H20N2O. The van der Waals surface area contributed by atoms with E-state index in [4.69, 9.17) is 5.73 Å². The van der Waals surface area contributed by atoms with Gasteiger partial charge in [-0.3, -0.25) is 4.79 Å². The number of carbonyl (C=O) groups excluding carboxylic acids is 1. The molecule has 0 unspecified atom stereocenters. The van der Waals surface area contributed by atoms with Crippen LogP contribution in [0.25, 0.3) is 0 Å². The van der Waals surface area contributed by atoms with Gasteiger partial charge in [-0.25, -0.2) is 0 Å². The Kier molecular flexibility index (Phi) is 3.20. The Hall–Kier alpha value is -1.35. The lowest BCUT2D eigenvalue weighted by molar-refractivity contribution is -0.123. The van der Waals surface area contributed by atoms with E-state index >= 15 is 0 Å². The fraction of sp³-hybridized carbons (Fsp3) is 0.500. The minimum Gasteiger partial charge on any atom is -0.324 e. The van der Waals surface area contributed by atoms with E-state index in [1.165, 1.54) is 5.56 Å². The molecule has 3 N–H and O–H groups in total. The highest BCUT2D eigenvalue weighted by Crippen LogP contribution is 2.30. The summed E-state index contributed by atoms with van der Waals surface area (Å²) in [5, 5.41) is 2.92. The highest BCUT2D eigenvalue weighted by Gasteiger charge is 2.40. The summed E-state index contributed by atoms with van der Waals surface area (Å²) in [5.41, 5.74) is 7.42. The molecule has 1 saturated carbocycles. The quantitative estimate of drug-likeness (QED) is 0.841. The van der Waals surface area contributed by atoms with Crippen LogP contribution >= 0.6 is 0 Å². The fourth-order valence-corrected chi connectivity index (χ4v) is 2.02. The fourth-order valence-electron chi connectivity index (χ4n) is 2.02. The second-order valence-electron chi connectivity index (χ2n) is 5.24. The number of hydrogen-bond acceptors (Lipinski definition) is 2. The Morgan fingerprint density at radius 3 is 2.65 bits per heavy atom. The van der Waals surface area contributed by atoms with E-state index in [2.05, 4.69) is 25.2 Å². The summed E-state index contributed by atoms with van der Waals surface area (Å²) in [4.78, 5) is 12.0. The van der Waals surface area contributed by atoms with Gasteiger partial charge in [0.05, 0.1) is 5.54 Å². The minimum absolute atomic E-state index is 0.0512. The SMILES string of the molecule is CC(C)c1cccc(NC(=O)C2(N)CCC2)c1. The van der Waals surface area contributed by atoms with Crippen LogP contribution in [0.5, 0.6) is 0 Å². The first-order chi connectivity index (χ1) is 8.01. The van der Waals surface area contributed by atoms with Crippen LogP contribution in [0.2, 0.25) is 0 Å². The van der Waals surface area contributed by atoms with E-state index in [0.717, 1.165) is 24.9 Å². The van der Waals surface area contributed by atoms with Gasteiger partial charge in [0.2, 0.25) is 5.91 Å². The van der Waals surface area contributed by atoms with Gasteiger partial charge in [0.1, 0.15) is 0 Å². The van der Waals surface area contributed by atoms with E-state index in [1.807, 2.05) is 18.2 Å². The highest BCUT2D eigenvalue weighted by atomic mass is 16.2. The van der Waals surface area contributed by atoms with Gasteiger partial charge < -0.3 is 11.1 Å². The van der Waals surface area contributed by atoms with Gasteiger partial charge in [0.25, 0.3) is 0 Å². The molecule has 3 heteroatoms. The van der Waals surface area contributed by atoms with Crippen molar-refractivity contribution in [3.8, 4) is 0 Å². The van der Waals surface area contributed by atoms with Crippen LogP contribution in [0.4, 0.5) is 5.69 Å². The molecule has 1 aromatic rings. The second kappa shape index (κ2) is 4.49. The molecule has 0 bridgehead atoms. The number of anilines is 1. The molecule has 1 aromatic carbocycles. The minimum atomic E-state index is -0.631. The van der Waals surface area contributed by atoms with Gasteiger partial charge in [0, 0.05) is 5.69 Å². The number of hydrogen-bond donors (Lipinski definition) is 2. The van der Waals surface area contributed by atoms with Crippen molar-refractivity contribution >= 4 is 11.6 Å². The first-order valence-electron chi connectivity index (χ1n) is 6.21. The van der Waals surface area contributed by atoms with Crippen LogP contribution < -0.4 is 11.1 Å². The maximum Gasteiger partial charge on any atom is 0.244 e. The first-order valence-corrected chi connectivity index (χ1v) is 6.21. The predicted molar refractivity (Wildman–Crippen MR) is 69.9 cm³/mol. The third-order valence-corrected chi connectivity index (χ3v) is 3.51. The Morgan fingerprint density at radius 1 is 1.41 bits per heavy atom. The molecule has 0 heterocycles. The van der Waals surface area contributed by atoms with Gasteiger partial charge in [-0.15, -0.1) is 0 Å². The van der Waals surface area contributed by atoms with Crippen molar-refractivity contribution in [2.45, 2.75) is 44.6 Å². The molecule has 0 saturated heterocycles. The average molecular weight is 232 g/mol. The number of nitrogens with two attached hydrogens (primary N) is 1. The molecule has 0 aliphatic heterocycles. The van der Waals surface area contributed by atoms with E-state index in [-0.39, 0.29) is 5.91 Å². The molecular weight excluding hydrogens is 212 g/mol. The summed E-state index contributed by atoms with van der Waals surface area (Å²) in [6.07, 6.45) is 2.64. The van der Waals surface area contributed by atoms with Gasteiger partial charge in [-0.1, -0.05) is 26.0 Å². The van der Waals surface area contributed by atoms with E-state index < -0.39 is 5.54 Å². The summed E-state index contributed by atoms with van der Waals surface area (Å²) in [5.74, 6) is 0.409. The summed E-state index contributed by atoms with van der Waals surface area (Å²) in [7, 11) is 0. The number of rotatable bonds is 3. The third-order valence-electron chi connectivity index (χ3n) is 3.51. The normalized spacial score (nSPS) is 17.6. The molecule has 2 rings (SSSR count). The molecule has 1 amide bonds. The largest absolute Gasteiger partial charge is 0.324 e. The van der Waals surface area contributed by atoms with Gasteiger partial charge >= 0.3 is 0 Å². The van der Waals surface area contributed by atoms with Gasteiger partial charge in [-0.05, 0) is 42.9 Å². The second-order valence-corrected chi connectivity index (χ2v) is 5.24. The highest BCUT2D eigenvalue weighted by molar-refractivity contribution is 5.98. The zero-order valence-corrected chi connectivity index (χ0v) is 10.5. The van der Waals surface area contributed by atoms with Crippen LogP contribution in [-0.4, -0.2) is 11.4 Å². The van der Waals surface area contributed by atoms with Crippen molar-refractivity contribution in [3.05, 3.63) is 29.8 Å². The van der Waals surface area contributed by atoms with Crippen molar-refractivity contribution in [2.24, 2.45) is 5.73 Å². The summed E-state index contributed by atoms with van der Waals surface area (Å²) < 4.78 is 0. The molecule has 92 valence electrons. The molecule has 0 spiro atoms. The van der Waals surface area contributed by atoms with Crippen LogP contribution in [0.3, 0.4) is 0 Å². The van der Waals surface area contributed by atoms with Crippen molar-refractivity contribution < 1.29 is 4.79 Å². The summed E-state index contributed by atoms with van der Waals surface area (Å²) in [6.45, 7) is 4.27. The maximum atomic E-state index is 12.0. The van der Waals surface area contributed by atoms with Crippen molar-refractivity contribution in [2.75, 3.05) is 5.32 Å². The van der Waals surface area contributed by atoms with Gasteiger partial charge in [0.15, 0.2) is 0 Å². The van der Waals surface area contributed by atoms with Crippen molar-refractivity contribution in [3.63, 3.8) is 0 Å². The molecule has 0 atom stereocenters. The Bertz CT molecular complexity index is 422. The lowest BCUT2D eigenvalue weighted by Gasteiger charge is -2.36. The summed E-state index contributed by atoms with van der Waals surface area (Å²) >= 11 is 0. The standard InChI is InChI=1S/C14H20N2O/c1-10(2)11-5-3-6-12(9-11)16-13(17)14(15)7-4-8-14/h3,5-6,9-10H,4,7-8,15H2,1-2H3,(H,16,17). The number of amides is 1. The molecule has 0 radical (unpaired) electrons. The van der Waals surface area contributed by atoms with Crippen LogP contribution in [0, 0.1) is 0 Å². The molecule has 3 nitrogen and oxygen atoms in total. The average Bonchev–Trinajstić information content (AvgIpc) is 2.26. The van der Waals surface area contributed by atoms with Crippen LogP contribution in [0.15, 0.2) is 24.3 Å². The van der Waals surface area contributed by atoms with Crippen LogP contribution in [-0.2, 0) is 4.79 Å². The zero-order chi connectivity index (χ0) is 12.5. The number of benzene rings is 1. The smallest absolute Gasteiger partial charge is 0.244 e. The molecule has 1 aliphatic carbocycles. The van der Waals surface area contributed by atoms with Crippen LogP contribution in [0.1, 0.15) is 44.6 Å². The predicted octanol–water partition coefficient (Wildman–Crippen LogP) is 2.63. The number of carbonyl (C=O) groups is 1. The summed E-state index contributed by atoms with van der Waals surface area (Å²) in [6, 6.07) is 7.97. The molecule has 1 aliphatic rings. The molecule has 1 fully saturated rings. The monoisotopic (exact) mass is 232 g/mol. The Morgan fingerprint density at radius 2 is 2.12 bits per heavy atom. The van der Waals surface area contributed by atoms with Crippen molar-refractivity contribution in [1.29, 1.82) is 0 Å². The topological polar surface area (TPSA) is 55.1 Å². The molecule has 0 aromatic heterocycles. The zero-order valence-electron chi connectivity index (χ0n) is 10.5. The number of nitrogens with one attached hydrogen (secondary N) is 1. The van der Waals surface area contributed by atoms with Crippen molar-refractivity contribution in [1.82, 2.24) is 0 Å². The maximum absolute atomic E-state index is 12.0. The lowest BCUT2D eigenvalue weighted by Crippen LogP contribution is -2.56. The van der Waals surface area contributed by atoms with E-state index in [0.29, 0.717) is 5.92 Å². The third kappa shape index (κ3) is 2.50. The van der Waals surface area contributed by atoms with E-state index in [1.54, 1.807) is 0 Å².